The third kappa shape index (κ3) is 2.32. The molecule has 4 nitrogen and oxygen atoms in total. The summed E-state index contributed by atoms with van der Waals surface area (Å²) in [6.07, 6.45) is 9.31. The number of H-pyrrole nitrogens is 1. The standard InChI is InChI=1S/C18H21N3O/c22-18(13-7-2-1-3-8-13)21-12-6-11-16(21)17-19-14-9-4-5-10-15(14)20-17/h1-2,4-5,9-10,13,16H,3,6-8,11-12H2,(H,19,20). The van der Waals surface area contributed by atoms with Crippen molar-refractivity contribution in [1.29, 1.82) is 0 Å². The molecule has 1 saturated heterocycles. The Morgan fingerprint density at radius 3 is 2.95 bits per heavy atom. The topological polar surface area (TPSA) is 49.0 Å². The number of carbonyl (C=O) groups is 1. The number of imidazole rings is 1. The number of nitrogens with one attached hydrogen (secondary N) is 1. The SMILES string of the molecule is O=C(C1CC=CCC1)N1CCCC1c1nc2ccccc2[nH]1. The Morgan fingerprint density at radius 1 is 1.23 bits per heavy atom. The average Bonchev–Trinajstić information content (AvgIpc) is 3.21. The zero-order chi connectivity index (χ0) is 14.9. The Labute approximate surface area is 130 Å². The summed E-state index contributed by atoms with van der Waals surface area (Å²) in [7, 11) is 0. The third-order valence-corrected chi connectivity index (χ3v) is 4.88. The smallest absolute Gasteiger partial charge is 0.226 e. The molecular formula is C18H21N3O. The zero-order valence-corrected chi connectivity index (χ0v) is 12.7. The van der Waals surface area contributed by atoms with Gasteiger partial charge in [0.15, 0.2) is 0 Å². The van der Waals surface area contributed by atoms with Crippen molar-refractivity contribution in [1.82, 2.24) is 14.9 Å². The minimum absolute atomic E-state index is 0.116. The van der Waals surface area contributed by atoms with Gasteiger partial charge in [0.1, 0.15) is 5.82 Å². The van der Waals surface area contributed by atoms with Crippen LogP contribution in [0.1, 0.15) is 44.0 Å². The van der Waals surface area contributed by atoms with E-state index >= 15 is 0 Å². The van der Waals surface area contributed by atoms with E-state index in [4.69, 9.17) is 4.98 Å². The van der Waals surface area contributed by atoms with E-state index in [1.807, 2.05) is 24.3 Å². The molecule has 1 aromatic carbocycles. The summed E-state index contributed by atoms with van der Waals surface area (Å²) in [5, 5.41) is 0. The van der Waals surface area contributed by atoms with Gasteiger partial charge in [0.05, 0.1) is 17.1 Å². The van der Waals surface area contributed by atoms with Gasteiger partial charge in [0.25, 0.3) is 0 Å². The Bertz CT molecular complexity index is 685. The van der Waals surface area contributed by atoms with Crippen LogP contribution in [0, 0.1) is 5.92 Å². The van der Waals surface area contributed by atoms with Crippen molar-refractivity contribution >= 4 is 16.9 Å². The van der Waals surface area contributed by atoms with E-state index in [1.54, 1.807) is 0 Å². The van der Waals surface area contributed by atoms with Gasteiger partial charge in [-0.3, -0.25) is 4.79 Å². The number of rotatable bonds is 2. The fourth-order valence-electron chi connectivity index (χ4n) is 3.70. The number of hydrogen-bond donors (Lipinski definition) is 1. The number of carbonyl (C=O) groups excluding carboxylic acids is 1. The van der Waals surface area contributed by atoms with E-state index in [-0.39, 0.29) is 12.0 Å². The first-order chi connectivity index (χ1) is 10.8. The number of likely N-dealkylation sites (tertiary alicyclic amines) is 1. The molecule has 1 aliphatic carbocycles. The van der Waals surface area contributed by atoms with Crippen molar-refractivity contribution in [2.75, 3.05) is 6.54 Å². The molecule has 1 fully saturated rings. The van der Waals surface area contributed by atoms with Crippen LogP contribution in [0.15, 0.2) is 36.4 Å². The number of amides is 1. The first-order valence-corrected chi connectivity index (χ1v) is 8.23. The highest BCUT2D eigenvalue weighted by Gasteiger charge is 2.35. The van der Waals surface area contributed by atoms with Gasteiger partial charge in [-0.05, 0) is 44.2 Å². The number of fused-ring (bicyclic) bond motifs is 1. The lowest BCUT2D eigenvalue weighted by Gasteiger charge is -2.28. The maximum absolute atomic E-state index is 12.8. The normalized spacial score (nSPS) is 25.0. The van der Waals surface area contributed by atoms with Crippen molar-refractivity contribution in [2.45, 2.75) is 38.1 Å². The molecule has 4 heteroatoms. The van der Waals surface area contributed by atoms with E-state index in [2.05, 4.69) is 22.0 Å². The van der Waals surface area contributed by atoms with Crippen LogP contribution in [-0.4, -0.2) is 27.3 Å². The zero-order valence-electron chi connectivity index (χ0n) is 12.7. The first-order valence-electron chi connectivity index (χ1n) is 8.23. The fraction of sp³-hybridized carbons (Fsp3) is 0.444. The Morgan fingerprint density at radius 2 is 2.14 bits per heavy atom. The molecule has 2 atom stereocenters. The quantitative estimate of drug-likeness (QED) is 0.861. The van der Waals surface area contributed by atoms with Gasteiger partial charge in [-0.25, -0.2) is 4.98 Å². The third-order valence-electron chi connectivity index (χ3n) is 4.88. The second-order valence-corrected chi connectivity index (χ2v) is 6.31. The minimum atomic E-state index is 0.116. The molecule has 1 amide bonds. The van der Waals surface area contributed by atoms with E-state index in [0.29, 0.717) is 5.91 Å². The summed E-state index contributed by atoms with van der Waals surface area (Å²) < 4.78 is 0. The van der Waals surface area contributed by atoms with E-state index in [1.165, 1.54) is 0 Å². The summed E-state index contributed by atoms with van der Waals surface area (Å²) in [6.45, 7) is 0.862. The van der Waals surface area contributed by atoms with Gasteiger partial charge in [-0.15, -0.1) is 0 Å². The van der Waals surface area contributed by atoms with Crippen molar-refractivity contribution in [3.8, 4) is 0 Å². The Hall–Kier alpha value is -2.10. The molecule has 0 saturated carbocycles. The molecule has 114 valence electrons. The molecule has 0 bridgehead atoms. The Balaban J connectivity index is 1.60. The molecule has 4 rings (SSSR count). The highest BCUT2D eigenvalue weighted by Crippen LogP contribution is 2.34. The number of allylic oxidation sites excluding steroid dienone is 2. The number of aromatic amines is 1. The molecule has 1 aliphatic heterocycles. The van der Waals surface area contributed by atoms with Crippen molar-refractivity contribution in [3.05, 3.63) is 42.2 Å². The van der Waals surface area contributed by atoms with Crippen LogP contribution in [0.2, 0.25) is 0 Å². The predicted molar refractivity (Wildman–Crippen MR) is 86.3 cm³/mol. The molecule has 2 aromatic rings. The number of hydrogen-bond acceptors (Lipinski definition) is 2. The predicted octanol–water partition coefficient (Wildman–Crippen LogP) is 3.58. The van der Waals surface area contributed by atoms with Crippen LogP contribution in [-0.2, 0) is 4.79 Å². The van der Waals surface area contributed by atoms with Gasteiger partial charge < -0.3 is 9.88 Å². The second-order valence-electron chi connectivity index (χ2n) is 6.31. The number of aromatic nitrogens is 2. The molecule has 22 heavy (non-hydrogen) atoms. The van der Waals surface area contributed by atoms with Gasteiger partial charge >= 0.3 is 0 Å². The summed E-state index contributed by atoms with van der Waals surface area (Å²) in [5.41, 5.74) is 2.04. The number of benzene rings is 1. The van der Waals surface area contributed by atoms with Crippen LogP contribution < -0.4 is 0 Å². The number of para-hydroxylation sites is 2. The maximum atomic E-state index is 12.8. The molecular weight excluding hydrogens is 274 g/mol. The maximum Gasteiger partial charge on any atom is 0.226 e. The van der Waals surface area contributed by atoms with Crippen LogP contribution in [0.3, 0.4) is 0 Å². The molecule has 2 heterocycles. The molecule has 2 aliphatic rings. The monoisotopic (exact) mass is 295 g/mol. The van der Waals surface area contributed by atoms with Crippen molar-refractivity contribution < 1.29 is 4.79 Å². The summed E-state index contributed by atoms with van der Waals surface area (Å²) in [5.74, 6) is 1.42. The lowest BCUT2D eigenvalue weighted by molar-refractivity contribution is -0.136. The largest absolute Gasteiger partial charge is 0.340 e. The van der Waals surface area contributed by atoms with E-state index in [0.717, 1.165) is 55.5 Å². The lowest BCUT2D eigenvalue weighted by atomic mass is 9.93. The highest BCUT2D eigenvalue weighted by molar-refractivity contribution is 5.80. The Kier molecular flexibility index (Phi) is 3.45. The first kappa shape index (κ1) is 13.6. The molecule has 2 unspecified atom stereocenters. The van der Waals surface area contributed by atoms with Crippen molar-refractivity contribution in [3.63, 3.8) is 0 Å². The second kappa shape index (κ2) is 5.59. The van der Waals surface area contributed by atoms with E-state index in [9.17, 15) is 4.79 Å². The summed E-state index contributed by atoms with van der Waals surface area (Å²) >= 11 is 0. The van der Waals surface area contributed by atoms with Gasteiger partial charge in [-0.2, -0.15) is 0 Å². The van der Waals surface area contributed by atoms with Crippen LogP contribution in [0.5, 0.6) is 0 Å². The van der Waals surface area contributed by atoms with E-state index < -0.39 is 0 Å². The fourth-order valence-corrected chi connectivity index (χ4v) is 3.70. The van der Waals surface area contributed by atoms with Crippen LogP contribution >= 0.6 is 0 Å². The summed E-state index contributed by atoms with van der Waals surface area (Å²) in [4.78, 5) is 23.0. The molecule has 1 N–H and O–H groups in total. The van der Waals surface area contributed by atoms with Crippen LogP contribution in [0.4, 0.5) is 0 Å². The molecule has 0 radical (unpaired) electrons. The van der Waals surface area contributed by atoms with Crippen LogP contribution in [0.25, 0.3) is 11.0 Å². The number of nitrogens with zero attached hydrogens (tertiary/aromatic N) is 2. The van der Waals surface area contributed by atoms with Gasteiger partial charge in [0, 0.05) is 12.5 Å². The lowest BCUT2D eigenvalue weighted by Crippen LogP contribution is -2.36. The van der Waals surface area contributed by atoms with Gasteiger partial charge in [-0.1, -0.05) is 24.3 Å². The van der Waals surface area contributed by atoms with Gasteiger partial charge in [0.2, 0.25) is 5.91 Å². The molecule has 0 spiro atoms. The average molecular weight is 295 g/mol. The summed E-state index contributed by atoms with van der Waals surface area (Å²) in [6, 6.07) is 8.18. The van der Waals surface area contributed by atoms with Crippen molar-refractivity contribution in [2.24, 2.45) is 5.92 Å². The molecule has 1 aromatic heterocycles. The highest BCUT2D eigenvalue weighted by atomic mass is 16.2. The minimum Gasteiger partial charge on any atom is -0.340 e.